The zero-order chi connectivity index (χ0) is 15.0. The zero-order valence-corrected chi connectivity index (χ0v) is 12.9. The number of rotatable bonds is 3. The fourth-order valence-electron chi connectivity index (χ4n) is 2.36. The number of primary sulfonamides is 1. The average molecular weight is 318 g/mol. The second kappa shape index (κ2) is 5.34. The highest BCUT2D eigenvalue weighted by molar-refractivity contribution is 7.91. The molecule has 2 rings (SSSR count). The number of nitrogens with two attached hydrogens (primary N) is 1. The maximum atomic E-state index is 11.9. The van der Waals surface area contributed by atoms with E-state index in [-0.39, 0.29) is 9.79 Å². The van der Waals surface area contributed by atoms with Crippen molar-refractivity contribution in [1.29, 1.82) is 0 Å². The quantitative estimate of drug-likeness (QED) is 0.886. The van der Waals surface area contributed by atoms with Crippen molar-refractivity contribution in [3.63, 3.8) is 0 Å². The molecule has 1 aliphatic rings. The van der Waals surface area contributed by atoms with Gasteiger partial charge in [-0.3, -0.25) is 0 Å². The molecular formula is C12H18N2O4S2. The van der Waals surface area contributed by atoms with Crippen molar-refractivity contribution in [2.75, 3.05) is 24.2 Å². The van der Waals surface area contributed by atoms with Gasteiger partial charge in [-0.1, -0.05) is 0 Å². The molecule has 6 nitrogen and oxygen atoms in total. The van der Waals surface area contributed by atoms with Crippen LogP contribution < -0.4 is 10.0 Å². The Morgan fingerprint density at radius 3 is 2.15 bits per heavy atom. The van der Waals surface area contributed by atoms with E-state index in [1.165, 1.54) is 12.1 Å². The highest BCUT2D eigenvalue weighted by Crippen LogP contribution is 2.29. The molecule has 0 bridgehead atoms. The van der Waals surface area contributed by atoms with Crippen LogP contribution in [0.1, 0.15) is 19.3 Å². The Morgan fingerprint density at radius 1 is 1.05 bits per heavy atom. The summed E-state index contributed by atoms with van der Waals surface area (Å²) in [7, 11) is -7.44. The third-order valence-corrected chi connectivity index (χ3v) is 5.39. The van der Waals surface area contributed by atoms with Gasteiger partial charge in [0.15, 0.2) is 9.84 Å². The third-order valence-electron chi connectivity index (χ3n) is 3.36. The van der Waals surface area contributed by atoms with E-state index in [0.29, 0.717) is 5.69 Å². The summed E-state index contributed by atoms with van der Waals surface area (Å²) in [5.41, 5.74) is 0.555. The molecule has 112 valence electrons. The second-order valence-electron chi connectivity index (χ2n) is 4.99. The van der Waals surface area contributed by atoms with Crippen LogP contribution in [-0.4, -0.2) is 36.2 Å². The van der Waals surface area contributed by atoms with Gasteiger partial charge in [0.1, 0.15) is 0 Å². The molecular weight excluding hydrogens is 300 g/mol. The van der Waals surface area contributed by atoms with E-state index in [1.807, 2.05) is 4.90 Å². The molecule has 0 unspecified atom stereocenters. The normalized spacial score (nSPS) is 17.2. The molecule has 0 amide bonds. The first-order valence-electron chi connectivity index (χ1n) is 6.31. The predicted molar refractivity (Wildman–Crippen MR) is 77.0 cm³/mol. The first-order chi connectivity index (χ1) is 9.19. The monoisotopic (exact) mass is 318 g/mol. The first-order valence-corrected chi connectivity index (χ1v) is 9.75. The average Bonchev–Trinajstić information content (AvgIpc) is 2.37. The molecule has 1 saturated heterocycles. The lowest BCUT2D eigenvalue weighted by Gasteiger charge is -2.30. The molecule has 0 saturated carbocycles. The standard InChI is InChI=1S/C12H18N2O4S2/c1-19(15,16)12-9-10(20(13,17)18)5-6-11(12)14-7-3-2-4-8-14/h5-6,9H,2-4,7-8H2,1H3,(H2,13,17,18). The zero-order valence-electron chi connectivity index (χ0n) is 11.2. The number of hydrogen-bond acceptors (Lipinski definition) is 5. The summed E-state index contributed by atoms with van der Waals surface area (Å²) in [6, 6.07) is 4.03. The van der Waals surface area contributed by atoms with Crippen molar-refractivity contribution in [1.82, 2.24) is 0 Å². The number of sulfone groups is 1. The van der Waals surface area contributed by atoms with E-state index in [9.17, 15) is 16.8 Å². The lowest BCUT2D eigenvalue weighted by atomic mass is 10.1. The Morgan fingerprint density at radius 2 is 1.65 bits per heavy atom. The van der Waals surface area contributed by atoms with Gasteiger partial charge in [-0.2, -0.15) is 0 Å². The summed E-state index contributed by atoms with van der Waals surface area (Å²) < 4.78 is 46.6. The predicted octanol–water partition coefficient (Wildman–Crippen LogP) is 0.728. The van der Waals surface area contributed by atoms with Gasteiger partial charge in [-0.25, -0.2) is 22.0 Å². The van der Waals surface area contributed by atoms with Gasteiger partial charge in [0.05, 0.1) is 15.5 Å². The van der Waals surface area contributed by atoms with Crippen LogP contribution in [0.5, 0.6) is 0 Å². The van der Waals surface area contributed by atoms with Gasteiger partial charge in [-0.15, -0.1) is 0 Å². The first kappa shape index (κ1) is 15.3. The van der Waals surface area contributed by atoms with Gasteiger partial charge in [-0.05, 0) is 37.5 Å². The molecule has 1 fully saturated rings. The van der Waals surface area contributed by atoms with E-state index >= 15 is 0 Å². The molecule has 1 heterocycles. The molecule has 1 aromatic carbocycles. The Balaban J connectivity index is 2.57. The van der Waals surface area contributed by atoms with Crippen molar-refractivity contribution in [3.05, 3.63) is 18.2 Å². The minimum absolute atomic E-state index is 0.0194. The minimum Gasteiger partial charge on any atom is -0.370 e. The Bertz CT molecular complexity index is 705. The van der Waals surface area contributed by atoms with Gasteiger partial charge in [0.2, 0.25) is 10.0 Å². The summed E-state index contributed by atoms with van der Waals surface area (Å²) in [5.74, 6) is 0. The molecule has 20 heavy (non-hydrogen) atoms. The fraction of sp³-hybridized carbons (Fsp3) is 0.500. The SMILES string of the molecule is CS(=O)(=O)c1cc(S(N)(=O)=O)ccc1N1CCCCC1. The molecule has 1 aliphatic heterocycles. The number of nitrogens with zero attached hydrogens (tertiary/aromatic N) is 1. The van der Waals surface area contributed by atoms with E-state index in [0.717, 1.165) is 44.7 Å². The van der Waals surface area contributed by atoms with Crippen molar-refractivity contribution < 1.29 is 16.8 Å². The molecule has 0 radical (unpaired) electrons. The van der Waals surface area contributed by atoms with Crippen molar-refractivity contribution >= 4 is 25.5 Å². The summed E-state index contributed by atoms with van der Waals surface area (Å²) in [6.45, 7) is 1.55. The highest BCUT2D eigenvalue weighted by atomic mass is 32.2. The van der Waals surface area contributed by atoms with Gasteiger partial charge < -0.3 is 4.90 Å². The number of hydrogen-bond donors (Lipinski definition) is 1. The van der Waals surface area contributed by atoms with Crippen molar-refractivity contribution in [2.45, 2.75) is 29.1 Å². The summed E-state index contributed by atoms with van der Waals surface area (Å²) >= 11 is 0. The number of anilines is 1. The molecule has 0 atom stereocenters. The van der Waals surface area contributed by atoms with E-state index in [4.69, 9.17) is 5.14 Å². The van der Waals surface area contributed by atoms with Crippen LogP contribution in [0.15, 0.2) is 28.0 Å². The van der Waals surface area contributed by atoms with E-state index in [1.54, 1.807) is 0 Å². The minimum atomic E-state index is -3.92. The van der Waals surface area contributed by atoms with Crippen LogP contribution in [0.3, 0.4) is 0 Å². The van der Waals surface area contributed by atoms with Gasteiger partial charge >= 0.3 is 0 Å². The maximum absolute atomic E-state index is 11.9. The number of sulfonamides is 1. The number of piperidine rings is 1. The molecule has 8 heteroatoms. The third kappa shape index (κ3) is 3.31. The van der Waals surface area contributed by atoms with Gasteiger partial charge in [0, 0.05) is 19.3 Å². The van der Waals surface area contributed by atoms with Gasteiger partial charge in [0.25, 0.3) is 0 Å². The molecule has 0 aliphatic carbocycles. The molecule has 0 spiro atoms. The number of benzene rings is 1. The van der Waals surface area contributed by atoms with E-state index in [2.05, 4.69) is 0 Å². The lowest BCUT2D eigenvalue weighted by Crippen LogP contribution is -2.30. The Hall–Kier alpha value is -1.12. The van der Waals surface area contributed by atoms with Crippen LogP contribution in [-0.2, 0) is 19.9 Å². The Kier molecular flexibility index (Phi) is 4.08. The van der Waals surface area contributed by atoms with Crippen molar-refractivity contribution in [3.8, 4) is 0 Å². The van der Waals surface area contributed by atoms with E-state index < -0.39 is 19.9 Å². The second-order valence-corrected chi connectivity index (χ2v) is 8.54. The van der Waals surface area contributed by atoms with Crippen LogP contribution in [0, 0.1) is 0 Å². The summed E-state index contributed by atoms with van der Waals surface area (Å²) in [4.78, 5) is 1.82. The smallest absolute Gasteiger partial charge is 0.238 e. The molecule has 0 aromatic heterocycles. The highest BCUT2D eigenvalue weighted by Gasteiger charge is 2.22. The molecule has 2 N–H and O–H groups in total. The largest absolute Gasteiger partial charge is 0.370 e. The van der Waals surface area contributed by atoms with Crippen LogP contribution in [0.4, 0.5) is 5.69 Å². The topological polar surface area (TPSA) is 97.5 Å². The van der Waals surface area contributed by atoms with Crippen molar-refractivity contribution in [2.24, 2.45) is 5.14 Å². The van der Waals surface area contributed by atoms with Crippen LogP contribution in [0.2, 0.25) is 0 Å². The van der Waals surface area contributed by atoms with Crippen LogP contribution in [0.25, 0.3) is 0 Å². The summed E-state index contributed by atoms with van der Waals surface area (Å²) in [5, 5.41) is 5.06. The Labute approximate surface area is 119 Å². The summed E-state index contributed by atoms with van der Waals surface area (Å²) in [6.07, 6.45) is 4.20. The fourth-order valence-corrected chi connectivity index (χ4v) is 3.90. The lowest BCUT2D eigenvalue weighted by molar-refractivity contribution is 0.571. The van der Waals surface area contributed by atoms with Crippen LogP contribution >= 0.6 is 0 Å². The maximum Gasteiger partial charge on any atom is 0.238 e. The molecule has 1 aromatic rings.